The fraction of sp³-hybridized carbons (Fsp3) is 0.278. The van der Waals surface area contributed by atoms with Gasteiger partial charge in [0.25, 0.3) is 5.91 Å². The summed E-state index contributed by atoms with van der Waals surface area (Å²) in [4.78, 5) is 12.2. The molecule has 0 aliphatic heterocycles. The standard InChI is InChI=1S/C18H20FNO4/c1-23-16-7-6-14(12-17(16)24-11-10-21)18(22)20-9-8-13-4-2-3-5-15(13)19/h2-7,12,21H,8-11H2,1H3,(H,20,22). The Morgan fingerprint density at radius 2 is 2.00 bits per heavy atom. The second-order valence-corrected chi connectivity index (χ2v) is 5.04. The molecule has 1 amide bonds. The van der Waals surface area contributed by atoms with Crippen molar-refractivity contribution in [2.45, 2.75) is 6.42 Å². The van der Waals surface area contributed by atoms with E-state index in [1.807, 2.05) is 0 Å². The summed E-state index contributed by atoms with van der Waals surface area (Å²) >= 11 is 0. The third-order valence-electron chi connectivity index (χ3n) is 3.41. The Balaban J connectivity index is 1.97. The van der Waals surface area contributed by atoms with Crippen LogP contribution in [0.5, 0.6) is 11.5 Å². The topological polar surface area (TPSA) is 67.8 Å². The lowest BCUT2D eigenvalue weighted by atomic mass is 10.1. The van der Waals surface area contributed by atoms with E-state index in [4.69, 9.17) is 14.6 Å². The number of ether oxygens (including phenoxy) is 2. The number of carbonyl (C=O) groups is 1. The molecule has 0 aliphatic carbocycles. The van der Waals surface area contributed by atoms with Crippen LogP contribution in [0, 0.1) is 5.82 Å². The molecule has 0 saturated carbocycles. The van der Waals surface area contributed by atoms with Crippen molar-refractivity contribution in [1.82, 2.24) is 5.32 Å². The first-order valence-electron chi connectivity index (χ1n) is 7.59. The van der Waals surface area contributed by atoms with Gasteiger partial charge in [-0.05, 0) is 36.2 Å². The lowest BCUT2D eigenvalue weighted by Gasteiger charge is -2.12. The van der Waals surface area contributed by atoms with Crippen LogP contribution in [0.4, 0.5) is 4.39 Å². The summed E-state index contributed by atoms with van der Waals surface area (Å²) in [5.74, 6) is 0.290. The van der Waals surface area contributed by atoms with Crippen molar-refractivity contribution >= 4 is 5.91 Å². The van der Waals surface area contributed by atoms with Gasteiger partial charge in [-0.3, -0.25) is 4.79 Å². The number of aliphatic hydroxyl groups excluding tert-OH is 1. The number of methoxy groups -OCH3 is 1. The van der Waals surface area contributed by atoms with E-state index in [1.165, 1.54) is 13.2 Å². The summed E-state index contributed by atoms with van der Waals surface area (Å²) in [6.07, 6.45) is 0.405. The minimum Gasteiger partial charge on any atom is -0.493 e. The van der Waals surface area contributed by atoms with E-state index in [-0.39, 0.29) is 24.9 Å². The molecular formula is C18H20FNO4. The van der Waals surface area contributed by atoms with Crippen LogP contribution in [-0.4, -0.2) is 37.9 Å². The van der Waals surface area contributed by atoms with Crippen molar-refractivity contribution in [3.63, 3.8) is 0 Å². The van der Waals surface area contributed by atoms with Crippen molar-refractivity contribution in [3.8, 4) is 11.5 Å². The molecule has 2 rings (SSSR count). The minimum absolute atomic E-state index is 0.106. The number of nitrogens with one attached hydrogen (secondary N) is 1. The molecule has 5 nitrogen and oxygen atoms in total. The first kappa shape index (κ1) is 17.7. The molecule has 0 saturated heterocycles. The number of aliphatic hydroxyl groups is 1. The zero-order chi connectivity index (χ0) is 17.4. The van der Waals surface area contributed by atoms with E-state index in [0.717, 1.165) is 0 Å². The number of hydrogen-bond acceptors (Lipinski definition) is 4. The predicted molar refractivity (Wildman–Crippen MR) is 88.0 cm³/mol. The molecule has 0 heterocycles. The summed E-state index contributed by atoms with van der Waals surface area (Å²) in [5, 5.41) is 11.6. The van der Waals surface area contributed by atoms with Crippen molar-refractivity contribution in [3.05, 3.63) is 59.4 Å². The summed E-state index contributed by atoms with van der Waals surface area (Å²) < 4.78 is 24.0. The molecule has 6 heteroatoms. The highest BCUT2D eigenvalue weighted by atomic mass is 19.1. The normalized spacial score (nSPS) is 10.3. The van der Waals surface area contributed by atoms with Crippen molar-refractivity contribution < 1.29 is 23.8 Å². The first-order valence-corrected chi connectivity index (χ1v) is 7.59. The van der Waals surface area contributed by atoms with E-state index >= 15 is 0 Å². The van der Waals surface area contributed by atoms with Crippen LogP contribution >= 0.6 is 0 Å². The summed E-state index contributed by atoms with van der Waals surface area (Å²) in [6, 6.07) is 11.3. The monoisotopic (exact) mass is 333 g/mol. The Bertz CT molecular complexity index is 690. The Morgan fingerprint density at radius 3 is 2.71 bits per heavy atom. The number of halogens is 1. The van der Waals surface area contributed by atoms with Crippen LogP contribution in [0.15, 0.2) is 42.5 Å². The quantitative estimate of drug-likeness (QED) is 0.777. The molecular weight excluding hydrogens is 313 g/mol. The SMILES string of the molecule is COc1ccc(C(=O)NCCc2ccccc2F)cc1OCCO. The maximum atomic E-state index is 13.5. The lowest BCUT2D eigenvalue weighted by Crippen LogP contribution is -2.26. The summed E-state index contributed by atoms with van der Waals surface area (Å²) in [5.41, 5.74) is 0.955. The van der Waals surface area contributed by atoms with Gasteiger partial charge in [-0.1, -0.05) is 18.2 Å². The van der Waals surface area contributed by atoms with Crippen LogP contribution in [0.2, 0.25) is 0 Å². The minimum atomic E-state index is -0.289. The number of benzene rings is 2. The molecule has 24 heavy (non-hydrogen) atoms. The van der Waals surface area contributed by atoms with Gasteiger partial charge in [0.05, 0.1) is 13.7 Å². The van der Waals surface area contributed by atoms with E-state index in [1.54, 1.807) is 36.4 Å². The van der Waals surface area contributed by atoms with Gasteiger partial charge >= 0.3 is 0 Å². The molecule has 0 atom stereocenters. The molecule has 0 fully saturated rings. The molecule has 0 bridgehead atoms. The van der Waals surface area contributed by atoms with E-state index < -0.39 is 0 Å². The van der Waals surface area contributed by atoms with Gasteiger partial charge in [0, 0.05) is 12.1 Å². The molecule has 0 unspecified atom stereocenters. The molecule has 2 aromatic carbocycles. The fourth-order valence-electron chi connectivity index (χ4n) is 2.20. The smallest absolute Gasteiger partial charge is 0.251 e. The van der Waals surface area contributed by atoms with Gasteiger partial charge in [0.2, 0.25) is 0 Å². The van der Waals surface area contributed by atoms with Gasteiger partial charge in [-0.2, -0.15) is 0 Å². The fourth-order valence-corrected chi connectivity index (χ4v) is 2.20. The zero-order valence-electron chi connectivity index (χ0n) is 13.4. The molecule has 0 spiro atoms. The van der Waals surface area contributed by atoms with Crippen molar-refractivity contribution in [1.29, 1.82) is 0 Å². The van der Waals surface area contributed by atoms with Crippen LogP contribution in [0.25, 0.3) is 0 Å². The number of hydrogen-bond donors (Lipinski definition) is 2. The second-order valence-electron chi connectivity index (χ2n) is 5.04. The van der Waals surface area contributed by atoms with Crippen LogP contribution in [0.1, 0.15) is 15.9 Å². The van der Waals surface area contributed by atoms with Crippen molar-refractivity contribution in [2.75, 3.05) is 26.9 Å². The van der Waals surface area contributed by atoms with Gasteiger partial charge in [0.1, 0.15) is 12.4 Å². The third kappa shape index (κ3) is 4.70. The molecule has 0 aromatic heterocycles. The highest BCUT2D eigenvalue weighted by Crippen LogP contribution is 2.28. The average molecular weight is 333 g/mol. The largest absolute Gasteiger partial charge is 0.493 e. The highest BCUT2D eigenvalue weighted by Gasteiger charge is 2.11. The number of carbonyl (C=O) groups excluding carboxylic acids is 1. The number of amides is 1. The third-order valence-corrected chi connectivity index (χ3v) is 3.41. The van der Waals surface area contributed by atoms with Gasteiger partial charge in [-0.25, -0.2) is 4.39 Å². The molecule has 0 radical (unpaired) electrons. The van der Waals surface area contributed by atoms with Gasteiger partial charge in [-0.15, -0.1) is 0 Å². The summed E-state index contributed by atoms with van der Waals surface area (Å²) in [6.45, 7) is 0.287. The molecule has 0 aliphatic rings. The van der Waals surface area contributed by atoms with Crippen LogP contribution in [-0.2, 0) is 6.42 Å². The van der Waals surface area contributed by atoms with Gasteiger partial charge in [0.15, 0.2) is 11.5 Å². The van der Waals surface area contributed by atoms with Gasteiger partial charge < -0.3 is 19.9 Å². The van der Waals surface area contributed by atoms with E-state index in [0.29, 0.717) is 35.6 Å². The van der Waals surface area contributed by atoms with Crippen LogP contribution < -0.4 is 14.8 Å². The molecule has 2 aromatic rings. The van der Waals surface area contributed by atoms with Crippen molar-refractivity contribution in [2.24, 2.45) is 0 Å². The zero-order valence-corrected chi connectivity index (χ0v) is 13.4. The molecule has 128 valence electrons. The van der Waals surface area contributed by atoms with E-state index in [9.17, 15) is 9.18 Å². The number of rotatable bonds is 8. The maximum absolute atomic E-state index is 13.5. The maximum Gasteiger partial charge on any atom is 0.251 e. The second kappa shape index (κ2) is 8.88. The Morgan fingerprint density at radius 1 is 1.21 bits per heavy atom. The van der Waals surface area contributed by atoms with E-state index in [2.05, 4.69) is 5.32 Å². The average Bonchev–Trinajstić information content (AvgIpc) is 2.61. The Labute approximate surface area is 140 Å². The molecule has 2 N–H and O–H groups in total. The Kier molecular flexibility index (Phi) is 6.57. The first-order chi connectivity index (χ1) is 11.7. The Hall–Kier alpha value is -2.60. The van der Waals surface area contributed by atoms with Crippen LogP contribution in [0.3, 0.4) is 0 Å². The highest BCUT2D eigenvalue weighted by molar-refractivity contribution is 5.94. The predicted octanol–water partition coefficient (Wildman–Crippen LogP) is 2.18. The summed E-state index contributed by atoms with van der Waals surface area (Å²) in [7, 11) is 1.50. The lowest BCUT2D eigenvalue weighted by molar-refractivity contribution is 0.0953.